The van der Waals surface area contributed by atoms with Crippen LogP contribution >= 0.6 is 12.6 Å². The van der Waals surface area contributed by atoms with Crippen molar-refractivity contribution in [1.82, 2.24) is 15.5 Å². The molecule has 1 unspecified atom stereocenters. The second-order valence-electron chi connectivity index (χ2n) is 4.53. The summed E-state index contributed by atoms with van der Waals surface area (Å²) >= 11 is 4.06. The number of carbonyl (C=O) groups excluding carboxylic acids is 2. The van der Waals surface area contributed by atoms with Gasteiger partial charge in [0.2, 0.25) is 11.8 Å². The maximum Gasteiger partial charge on any atom is 0.243 e. The first-order chi connectivity index (χ1) is 9.13. The average Bonchev–Trinajstić information content (AvgIpc) is 2.41. The normalized spacial score (nSPS) is 17.8. The molecule has 1 saturated heterocycles. The van der Waals surface area contributed by atoms with E-state index in [4.69, 9.17) is 4.74 Å². The highest BCUT2D eigenvalue weighted by Gasteiger charge is 2.17. The Morgan fingerprint density at radius 1 is 1.37 bits per heavy atom. The summed E-state index contributed by atoms with van der Waals surface area (Å²) in [4.78, 5) is 25.0. The summed E-state index contributed by atoms with van der Waals surface area (Å²) in [5, 5.41) is 5.38. The van der Waals surface area contributed by atoms with Crippen molar-refractivity contribution >= 4 is 24.4 Å². The third-order valence-electron chi connectivity index (χ3n) is 2.93. The summed E-state index contributed by atoms with van der Waals surface area (Å²) in [7, 11) is 0. The van der Waals surface area contributed by atoms with Crippen molar-refractivity contribution in [1.29, 1.82) is 0 Å². The number of hydrogen-bond acceptors (Lipinski definition) is 5. The van der Waals surface area contributed by atoms with Gasteiger partial charge in [-0.3, -0.25) is 14.5 Å². The van der Waals surface area contributed by atoms with Gasteiger partial charge in [0.05, 0.1) is 13.2 Å². The van der Waals surface area contributed by atoms with E-state index in [1.807, 2.05) is 0 Å². The Morgan fingerprint density at radius 2 is 2.05 bits per heavy atom. The Morgan fingerprint density at radius 3 is 2.63 bits per heavy atom. The molecule has 1 rings (SSSR count). The van der Waals surface area contributed by atoms with Gasteiger partial charge in [-0.15, -0.1) is 0 Å². The number of nitrogens with one attached hydrogen (secondary N) is 2. The lowest BCUT2D eigenvalue weighted by atomic mass is 10.3. The Bertz CT molecular complexity index is 296. The van der Waals surface area contributed by atoms with E-state index in [1.165, 1.54) is 6.92 Å². The molecule has 1 aliphatic heterocycles. The van der Waals surface area contributed by atoms with Crippen molar-refractivity contribution in [2.75, 3.05) is 45.1 Å². The molecule has 19 heavy (non-hydrogen) atoms. The number of thiol groups is 1. The number of rotatable bonds is 7. The monoisotopic (exact) mass is 289 g/mol. The van der Waals surface area contributed by atoms with Crippen LogP contribution < -0.4 is 10.6 Å². The highest BCUT2D eigenvalue weighted by Crippen LogP contribution is 1.97. The first-order valence-corrected chi connectivity index (χ1v) is 7.22. The molecule has 0 aromatic carbocycles. The molecule has 0 radical (unpaired) electrons. The van der Waals surface area contributed by atoms with Crippen LogP contribution in [-0.4, -0.2) is 67.9 Å². The molecule has 2 amide bonds. The first-order valence-electron chi connectivity index (χ1n) is 6.59. The lowest BCUT2D eigenvalue weighted by molar-refractivity contribution is -0.127. The van der Waals surface area contributed by atoms with Crippen molar-refractivity contribution in [3.63, 3.8) is 0 Å². The largest absolute Gasteiger partial charge is 0.379 e. The number of nitrogens with zero attached hydrogens (tertiary/aromatic N) is 1. The lowest BCUT2D eigenvalue weighted by Crippen LogP contribution is -2.47. The lowest BCUT2D eigenvalue weighted by Gasteiger charge is -2.26. The zero-order chi connectivity index (χ0) is 14.1. The summed E-state index contributed by atoms with van der Waals surface area (Å²) < 4.78 is 5.27. The molecular weight excluding hydrogens is 266 g/mol. The molecule has 0 spiro atoms. The van der Waals surface area contributed by atoms with Crippen LogP contribution in [0.2, 0.25) is 0 Å². The Kier molecular flexibility index (Phi) is 7.85. The summed E-state index contributed by atoms with van der Waals surface area (Å²) in [6.45, 7) is 6.45. The highest BCUT2D eigenvalue weighted by molar-refractivity contribution is 7.80. The van der Waals surface area contributed by atoms with Gasteiger partial charge in [-0.2, -0.15) is 12.6 Å². The van der Waals surface area contributed by atoms with Gasteiger partial charge in [-0.05, 0) is 13.0 Å². The molecule has 1 fully saturated rings. The molecule has 6 nitrogen and oxygen atoms in total. The second kappa shape index (κ2) is 9.17. The molecule has 2 N–H and O–H groups in total. The van der Waals surface area contributed by atoms with E-state index >= 15 is 0 Å². The maximum atomic E-state index is 11.8. The standard InChI is InChI=1S/C12H23N3O3S/c1-10(16)14-11(9-19)12(17)13-3-2-4-15-5-7-18-8-6-15/h11,19H,2-9H2,1H3,(H,13,17)(H,14,16). The smallest absolute Gasteiger partial charge is 0.243 e. The molecular formula is C12H23N3O3S. The van der Waals surface area contributed by atoms with Gasteiger partial charge in [0.25, 0.3) is 0 Å². The number of hydrogen-bond donors (Lipinski definition) is 3. The molecule has 0 aromatic rings. The van der Waals surface area contributed by atoms with Crippen molar-refractivity contribution in [3.8, 4) is 0 Å². The minimum absolute atomic E-state index is 0.174. The molecule has 110 valence electrons. The summed E-state index contributed by atoms with van der Waals surface area (Å²) in [6.07, 6.45) is 0.894. The quantitative estimate of drug-likeness (QED) is 0.426. The molecule has 1 aliphatic rings. The molecule has 0 aliphatic carbocycles. The van der Waals surface area contributed by atoms with Crippen molar-refractivity contribution in [2.24, 2.45) is 0 Å². The SMILES string of the molecule is CC(=O)NC(CS)C(=O)NCCCN1CCOCC1. The van der Waals surface area contributed by atoms with Gasteiger partial charge in [-0.25, -0.2) is 0 Å². The minimum atomic E-state index is -0.552. The summed E-state index contributed by atoms with van der Waals surface area (Å²) in [5.74, 6) is -0.0933. The van der Waals surface area contributed by atoms with Gasteiger partial charge in [0.15, 0.2) is 0 Å². The zero-order valence-electron chi connectivity index (χ0n) is 11.4. The Hall–Kier alpha value is -0.790. The van der Waals surface area contributed by atoms with Crippen molar-refractivity contribution in [2.45, 2.75) is 19.4 Å². The van der Waals surface area contributed by atoms with Gasteiger partial charge in [0, 0.05) is 32.3 Å². The molecule has 1 atom stereocenters. The van der Waals surface area contributed by atoms with E-state index in [0.717, 1.165) is 39.3 Å². The summed E-state index contributed by atoms with van der Waals surface area (Å²) in [6, 6.07) is -0.552. The minimum Gasteiger partial charge on any atom is -0.379 e. The highest BCUT2D eigenvalue weighted by atomic mass is 32.1. The van der Waals surface area contributed by atoms with Crippen molar-refractivity contribution in [3.05, 3.63) is 0 Å². The molecule has 0 saturated carbocycles. The van der Waals surface area contributed by atoms with Gasteiger partial charge >= 0.3 is 0 Å². The van der Waals surface area contributed by atoms with Crippen LogP contribution in [0.1, 0.15) is 13.3 Å². The Labute approximate surface area is 119 Å². The zero-order valence-corrected chi connectivity index (χ0v) is 12.2. The number of amides is 2. The second-order valence-corrected chi connectivity index (χ2v) is 4.90. The van der Waals surface area contributed by atoms with Crippen LogP contribution in [0.4, 0.5) is 0 Å². The number of ether oxygens (including phenoxy) is 1. The predicted octanol–water partition coefficient (Wildman–Crippen LogP) is -0.741. The van der Waals surface area contributed by atoms with Gasteiger partial charge in [-0.1, -0.05) is 0 Å². The maximum absolute atomic E-state index is 11.8. The van der Waals surface area contributed by atoms with Crippen LogP contribution in [0.15, 0.2) is 0 Å². The fraction of sp³-hybridized carbons (Fsp3) is 0.833. The predicted molar refractivity (Wildman–Crippen MR) is 76.3 cm³/mol. The number of morpholine rings is 1. The van der Waals surface area contributed by atoms with Crippen LogP contribution in [0.5, 0.6) is 0 Å². The van der Waals surface area contributed by atoms with E-state index in [0.29, 0.717) is 12.3 Å². The van der Waals surface area contributed by atoms with E-state index in [1.54, 1.807) is 0 Å². The van der Waals surface area contributed by atoms with E-state index < -0.39 is 6.04 Å². The van der Waals surface area contributed by atoms with E-state index in [2.05, 4.69) is 28.2 Å². The molecule has 0 aromatic heterocycles. The molecule has 1 heterocycles. The third kappa shape index (κ3) is 6.79. The van der Waals surface area contributed by atoms with Crippen LogP contribution in [0, 0.1) is 0 Å². The van der Waals surface area contributed by atoms with Crippen molar-refractivity contribution < 1.29 is 14.3 Å². The fourth-order valence-electron chi connectivity index (χ4n) is 1.90. The Balaban J connectivity index is 2.13. The fourth-order valence-corrected chi connectivity index (χ4v) is 2.16. The van der Waals surface area contributed by atoms with Crippen LogP contribution in [-0.2, 0) is 14.3 Å². The molecule has 0 bridgehead atoms. The number of carbonyl (C=O) groups is 2. The summed E-state index contributed by atoms with van der Waals surface area (Å²) in [5.41, 5.74) is 0. The molecule has 7 heteroatoms. The van der Waals surface area contributed by atoms with Gasteiger partial charge in [0.1, 0.15) is 6.04 Å². The average molecular weight is 289 g/mol. The van der Waals surface area contributed by atoms with Crippen LogP contribution in [0.25, 0.3) is 0 Å². The van der Waals surface area contributed by atoms with E-state index in [9.17, 15) is 9.59 Å². The van der Waals surface area contributed by atoms with Gasteiger partial charge < -0.3 is 15.4 Å². The third-order valence-corrected chi connectivity index (χ3v) is 3.30. The van der Waals surface area contributed by atoms with Crippen LogP contribution in [0.3, 0.4) is 0 Å². The first kappa shape index (κ1) is 16.3. The topological polar surface area (TPSA) is 70.7 Å². The van der Waals surface area contributed by atoms with E-state index in [-0.39, 0.29) is 11.8 Å².